The van der Waals surface area contributed by atoms with Crippen LogP contribution >= 0.6 is 11.3 Å². The predicted octanol–water partition coefficient (Wildman–Crippen LogP) is 2.08. The fraction of sp³-hybridized carbons (Fsp3) is 0.667. The van der Waals surface area contributed by atoms with Crippen molar-refractivity contribution >= 4 is 23.3 Å². The summed E-state index contributed by atoms with van der Waals surface area (Å²) in [7, 11) is 0. The number of nitrogens with one attached hydrogen (secondary N) is 2. The minimum Gasteiger partial charge on any atom is -0.369 e. The fourth-order valence-corrected chi connectivity index (χ4v) is 5.30. The first-order valence-corrected chi connectivity index (χ1v) is 9.91. The lowest BCUT2D eigenvalue weighted by molar-refractivity contribution is 0.00548. The van der Waals surface area contributed by atoms with E-state index in [0.717, 1.165) is 17.7 Å². The van der Waals surface area contributed by atoms with Gasteiger partial charge in [0.2, 0.25) is 0 Å². The molecule has 3 amide bonds. The number of carbonyl (C=O) groups is 2. The van der Waals surface area contributed by atoms with Gasteiger partial charge >= 0.3 is 6.03 Å². The zero-order valence-electron chi connectivity index (χ0n) is 14.7. The van der Waals surface area contributed by atoms with Crippen LogP contribution in [0.25, 0.3) is 0 Å². The fourth-order valence-electron chi connectivity index (χ4n) is 4.66. The largest absolute Gasteiger partial charge is 0.369 e. The average Bonchev–Trinajstić information content (AvgIpc) is 3.31. The molecule has 1 aromatic rings. The molecule has 0 unspecified atom stereocenters. The number of rotatable bonds is 4. The van der Waals surface area contributed by atoms with Crippen LogP contribution in [-0.4, -0.2) is 54.2 Å². The van der Waals surface area contributed by atoms with Crippen molar-refractivity contribution in [1.82, 2.24) is 15.5 Å². The van der Waals surface area contributed by atoms with Crippen LogP contribution in [0, 0.1) is 11.8 Å². The lowest BCUT2D eigenvalue weighted by Crippen LogP contribution is -2.43. The second-order valence-electron chi connectivity index (χ2n) is 7.70. The Hall–Kier alpha value is -1.60. The van der Waals surface area contributed by atoms with Crippen LogP contribution < -0.4 is 10.6 Å². The number of nitrogens with zero attached hydrogens (tertiary/aromatic N) is 1. The third-order valence-electron chi connectivity index (χ3n) is 5.73. The Morgan fingerprint density at radius 1 is 1.48 bits per heavy atom. The van der Waals surface area contributed by atoms with Crippen LogP contribution in [0.3, 0.4) is 0 Å². The van der Waals surface area contributed by atoms with E-state index < -0.39 is 0 Å². The number of carbonyl (C=O) groups excluding carboxylic acids is 2. The summed E-state index contributed by atoms with van der Waals surface area (Å²) in [4.78, 5) is 27.2. The summed E-state index contributed by atoms with van der Waals surface area (Å²) < 4.78 is 6.33. The Balaban J connectivity index is 1.41. The maximum absolute atomic E-state index is 12.4. The summed E-state index contributed by atoms with van der Waals surface area (Å²) in [6.45, 7) is 5.94. The van der Waals surface area contributed by atoms with Crippen molar-refractivity contribution in [3.05, 3.63) is 22.4 Å². The van der Waals surface area contributed by atoms with Gasteiger partial charge in [0.1, 0.15) is 0 Å². The molecule has 4 rings (SSSR count). The van der Waals surface area contributed by atoms with Gasteiger partial charge in [0, 0.05) is 31.0 Å². The summed E-state index contributed by atoms with van der Waals surface area (Å²) in [5, 5.41) is 7.95. The van der Waals surface area contributed by atoms with Gasteiger partial charge in [-0.1, -0.05) is 6.07 Å². The number of thiophene rings is 1. The van der Waals surface area contributed by atoms with Crippen LogP contribution in [-0.2, 0) is 4.74 Å². The highest BCUT2D eigenvalue weighted by Crippen LogP contribution is 2.54. The predicted molar refractivity (Wildman–Crippen MR) is 95.7 cm³/mol. The highest BCUT2D eigenvalue weighted by atomic mass is 32.1. The molecule has 6 nitrogen and oxygen atoms in total. The van der Waals surface area contributed by atoms with Crippen LogP contribution in [0.2, 0.25) is 0 Å². The summed E-state index contributed by atoms with van der Waals surface area (Å²) in [6, 6.07) is 3.85. The first-order chi connectivity index (χ1) is 12.0. The Morgan fingerprint density at radius 2 is 2.32 bits per heavy atom. The molecule has 1 spiro atoms. The molecule has 0 saturated carbocycles. The number of likely N-dealkylation sites (tertiary alicyclic amines) is 1. The molecular formula is C18H25N3O3S. The van der Waals surface area contributed by atoms with Crippen LogP contribution in [0.4, 0.5) is 4.79 Å². The number of ether oxygens (including phenoxy) is 1. The molecule has 136 valence electrons. The summed E-state index contributed by atoms with van der Waals surface area (Å²) in [5.74, 6) is 0.585. The van der Waals surface area contributed by atoms with Gasteiger partial charge in [0.25, 0.3) is 5.91 Å². The van der Waals surface area contributed by atoms with E-state index in [1.165, 1.54) is 11.3 Å². The van der Waals surface area contributed by atoms with Crippen molar-refractivity contribution in [2.45, 2.75) is 44.4 Å². The number of urea groups is 1. The van der Waals surface area contributed by atoms with Gasteiger partial charge in [-0.25, -0.2) is 4.79 Å². The third-order valence-corrected chi connectivity index (χ3v) is 6.60. The molecule has 7 heteroatoms. The van der Waals surface area contributed by atoms with Gasteiger partial charge in [-0.3, -0.25) is 4.79 Å². The molecule has 2 bridgehead atoms. The Bertz CT molecular complexity index is 663. The molecule has 0 aliphatic carbocycles. The van der Waals surface area contributed by atoms with E-state index in [9.17, 15) is 9.59 Å². The van der Waals surface area contributed by atoms with Crippen molar-refractivity contribution in [3.8, 4) is 0 Å². The minimum absolute atomic E-state index is 0.00723. The molecule has 25 heavy (non-hydrogen) atoms. The van der Waals surface area contributed by atoms with E-state index in [0.29, 0.717) is 25.6 Å². The van der Waals surface area contributed by atoms with E-state index in [4.69, 9.17) is 4.74 Å². The highest BCUT2D eigenvalue weighted by molar-refractivity contribution is 7.12. The van der Waals surface area contributed by atoms with Crippen LogP contribution in [0.5, 0.6) is 0 Å². The Morgan fingerprint density at radius 3 is 3.04 bits per heavy atom. The number of hydrogen-bond acceptors (Lipinski definition) is 4. The molecule has 3 aliphatic heterocycles. The quantitative estimate of drug-likeness (QED) is 0.860. The number of hydrogen-bond donors (Lipinski definition) is 2. The maximum Gasteiger partial charge on any atom is 0.317 e. The molecule has 3 fully saturated rings. The van der Waals surface area contributed by atoms with Crippen molar-refractivity contribution in [1.29, 1.82) is 0 Å². The molecule has 4 heterocycles. The van der Waals surface area contributed by atoms with Crippen molar-refractivity contribution in [2.75, 3.05) is 19.6 Å². The molecule has 2 N–H and O–H groups in total. The van der Waals surface area contributed by atoms with Crippen molar-refractivity contribution in [3.63, 3.8) is 0 Å². The smallest absolute Gasteiger partial charge is 0.317 e. The van der Waals surface area contributed by atoms with E-state index >= 15 is 0 Å². The molecule has 0 radical (unpaired) electrons. The summed E-state index contributed by atoms with van der Waals surface area (Å²) >= 11 is 1.45. The highest BCUT2D eigenvalue weighted by Gasteiger charge is 2.63. The summed E-state index contributed by atoms with van der Waals surface area (Å²) in [5.41, 5.74) is -0.197. The standard InChI is InChI=1S/C18H25N3O3S/c1-11(2)20-17(23)21-9-13-12(14-5-6-18(13,10-21)24-14)8-19-16(22)15-4-3-7-25-15/h3-4,7,11-14H,5-6,8-10H2,1-2H3,(H,19,22)(H,20,23)/t12-,13+,14+,18+/m0/s1. The monoisotopic (exact) mass is 363 g/mol. The lowest BCUT2D eigenvalue weighted by atomic mass is 9.73. The van der Waals surface area contributed by atoms with Gasteiger partial charge in [0.15, 0.2) is 0 Å². The summed E-state index contributed by atoms with van der Waals surface area (Å²) in [6.07, 6.45) is 2.25. The minimum atomic E-state index is -0.197. The topological polar surface area (TPSA) is 70.7 Å². The zero-order chi connectivity index (χ0) is 17.6. The van der Waals surface area contributed by atoms with E-state index in [-0.39, 0.29) is 35.6 Å². The van der Waals surface area contributed by atoms with E-state index in [1.54, 1.807) is 0 Å². The van der Waals surface area contributed by atoms with Gasteiger partial charge in [-0.15, -0.1) is 11.3 Å². The van der Waals surface area contributed by atoms with E-state index in [2.05, 4.69) is 10.6 Å². The van der Waals surface area contributed by atoms with Crippen molar-refractivity contribution in [2.24, 2.45) is 11.8 Å². The van der Waals surface area contributed by atoms with Gasteiger partial charge in [0.05, 0.1) is 23.1 Å². The molecule has 4 atom stereocenters. The van der Waals surface area contributed by atoms with Crippen molar-refractivity contribution < 1.29 is 14.3 Å². The normalized spacial score (nSPS) is 32.9. The molecule has 3 saturated heterocycles. The first-order valence-electron chi connectivity index (χ1n) is 9.03. The first kappa shape index (κ1) is 16.8. The van der Waals surface area contributed by atoms with Gasteiger partial charge in [-0.2, -0.15) is 0 Å². The average molecular weight is 363 g/mol. The van der Waals surface area contributed by atoms with Crippen LogP contribution in [0.15, 0.2) is 17.5 Å². The second-order valence-corrected chi connectivity index (χ2v) is 8.65. The molecule has 0 aromatic carbocycles. The lowest BCUT2D eigenvalue weighted by Gasteiger charge is -2.29. The second kappa shape index (κ2) is 6.29. The van der Waals surface area contributed by atoms with Crippen LogP contribution in [0.1, 0.15) is 36.4 Å². The zero-order valence-corrected chi connectivity index (χ0v) is 15.5. The molecule has 1 aromatic heterocycles. The van der Waals surface area contributed by atoms with E-state index in [1.807, 2.05) is 36.3 Å². The Kier molecular flexibility index (Phi) is 4.24. The third kappa shape index (κ3) is 2.93. The number of amides is 3. The van der Waals surface area contributed by atoms with Gasteiger partial charge < -0.3 is 20.3 Å². The molecular weight excluding hydrogens is 338 g/mol. The maximum atomic E-state index is 12.4. The Labute approximate surface area is 151 Å². The van der Waals surface area contributed by atoms with Gasteiger partial charge in [-0.05, 0) is 38.1 Å². The molecule has 3 aliphatic rings. The number of fused-ring (bicyclic) bond motifs is 1. The SMILES string of the molecule is CC(C)NC(=O)N1C[C@@H]2[C@H](CNC(=O)c3cccs3)[C@H]3CC[C@]2(C1)O3.